The third kappa shape index (κ3) is 9.13. The maximum atomic E-state index is 11.4. The highest BCUT2D eigenvalue weighted by Crippen LogP contribution is 1.99. The van der Waals surface area contributed by atoms with Crippen molar-refractivity contribution >= 4 is 17.9 Å². The Bertz CT molecular complexity index is 359. The van der Waals surface area contributed by atoms with E-state index in [0.717, 1.165) is 18.9 Å². The first-order valence-corrected chi connectivity index (χ1v) is 6.69. The highest BCUT2D eigenvalue weighted by atomic mass is 16.6. The van der Waals surface area contributed by atoms with Crippen molar-refractivity contribution in [2.45, 2.75) is 40.0 Å². The van der Waals surface area contributed by atoms with E-state index in [1.807, 2.05) is 13.8 Å². The van der Waals surface area contributed by atoms with E-state index in [1.54, 1.807) is 0 Å². The Kier molecular flexibility index (Phi) is 10.00. The number of esters is 3. The summed E-state index contributed by atoms with van der Waals surface area (Å²) in [6.45, 7) is 5.42. The van der Waals surface area contributed by atoms with Gasteiger partial charge in [0.05, 0.1) is 13.2 Å². The molecule has 114 valence electrons. The van der Waals surface area contributed by atoms with Gasteiger partial charge in [-0.15, -0.1) is 0 Å². The molecule has 6 heteroatoms. The molecule has 0 unspecified atom stereocenters. The lowest BCUT2D eigenvalue weighted by Gasteiger charge is -2.05. The molecule has 0 N–H and O–H groups in total. The lowest BCUT2D eigenvalue weighted by atomic mass is 10.3. The second-order valence-electron chi connectivity index (χ2n) is 4.15. The molecule has 0 rings (SSSR count). The normalized spacial score (nSPS) is 10.8. The largest absolute Gasteiger partial charge is 0.463 e. The van der Waals surface area contributed by atoms with Gasteiger partial charge in [-0.3, -0.25) is 0 Å². The molecule has 0 bridgehead atoms. The lowest BCUT2D eigenvalue weighted by molar-refractivity contribution is -0.156. The van der Waals surface area contributed by atoms with E-state index in [9.17, 15) is 14.4 Å². The van der Waals surface area contributed by atoms with Gasteiger partial charge < -0.3 is 14.2 Å². The van der Waals surface area contributed by atoms with Crippen molar-refractivity contribution in [1.82, 2.24) is 0 Å². The van der Waals surface area contributed by atoms with Crippen LogP contribution in [0, 0.1) is 0 Å². The molecule has 20 heavy (non-hydrogen) atoms. The molecule has 0 radical (unpaired) electrons. The van der Waals surface area contributed by atoms with Crippen LogP contribution >= 0.6 is 0 Å². The van der Waals surface area contributed by atoms with Gasteiger partial charge in [0.25, 0.3) is 0 Å². The summed E-state index contributed by atoms with van der Waals surface area (Å²) in [6.07, 6.45) is 3.38. The van der Waals surface area contributed by atoms with Crippen molar-refractivity contribution < 1.29 is 28.6 Å². The van der Waals surface area contributed by atoms with Gasteiger partial charge in [-0.2, -0.15) is 0 Å². The van der Waals surface area contributed by atoms with Crippen LogP contribution < -0.4 is 0 Å². The van der Waals surface area contributed by atoms with Gasteiger partial charge >= 0.3 is 17.9 Å². The Hall–Kier alpha value is -1.85. The van der Waals surface area contributed by atoms with Gasteiger partial charge in [0, 0.05) is 11.6 Å². The minimum atomic E-state index is -0.775. The summed E-state index contributed by atoms with van der Waals surface area (Å²) < 4.78 is 14.3. The molecule has 0 aromatic rings. The molecule has 0 aliphatic carbocycles. The number of rotatable bonds is 9. The van der Waals surface area contributed by atoms with Gasteiger partial charge in [0.15, 0.2) is 6.61 Å². The van der Waals surface area contributed by atoms with E-state index >= 15 is 0 Å². The highest BCUT2D eigenvalue weighted by molar-refractivity contribution is 5.96. The lowest BCUT2D eigenvalue weighted by Crippen LogP contribution is -2.17. The van der Waals surface area contributed by atoms with Crippen molar-refractivity contribution in [3.63, 3.8) is 0 Å². The van der Waals surface area contributed by atoms with Crippen molar-refractivity contribution in [3.8, 4) is 0 Å². The Balaban J connectivity index is 4.02. The molecule has 0 atom stereocenters. The molecule has 0 heterocycles. The van der Waals surface area contributed by atoms with E-state index in [1.165, 1.54) is 6.92 Å². The van der Waals surface area contributed by atoms with Crippen LogP contribution in [0.2, 0.25) is 0 Å². The molecule has 0 spiro atoms. The smallest absolute Gasteiger partial charge is 0.344 e. The SMILES string of the molecule is CCCCOC(=O)COC(=O)/C=C(/C)C(=O)OCCC. The van der Waals surface area contributed by atoms with Crippen LogP contribution in [0.3, 0.4) is 0 Å². The number of hydrogen-bond acceptors (Lipinski definition) is 6. The van der Waals surface area contributed by atoms with Crippen LogP contribution in [-0.2, 0) is 28.6 Å². The van der Waals surface area contributed by atoms with Crippen molar-refractivity contribution in [2.24, 2.45) is 0 Å². The fraction of sp³-hybridized carbons (Fsp3) is 0.643. The minimum Gasteiger partial charge on any atom is -0.463 e. The molecule has 0 aliphatic rings. The number of carbonyl (C=O) groups is 3. The zero-order valence-corrected chi connectivity index (χ0v) is 12.3. The predicted molar refractivity (Wildman–Crippen MR) is 71.8 cm³/mol. The maximum Gasteiger partial charge on any atom is 0.344 e. The zero-order valence-electron chi connectivity index (χ0n) is 12.3. The van der Waals surface area contributed by atoms with E-state index in [4.69, 9.17) is 9.47 Å². The average molecular weight is 286 g/mol. The fourth-order valence-electron chi connectivity index (χ4n) is 1.09. The first kappa shape index (κ1) is 18.1. The van der Waals surface area contributed by atoms with Gasteiger partial charge in [-0.1, -0.05) is 20.3 Å². The monoisotopic (exact) mass is 286 g/mol. The summed E-state index contributed by atoms with van der Waals surface area (Å²) in [7, 11) is 0. The van der Waals surface area contributed by atoms with E-state index in [-0.39, 0.29) is 5.57 Å². The number of ether oxygens (including phenoxy) is 3. The molecule has 0 saturated carbocycles. The highest BCUT2D eigenvalue weighted by Gasteiger charge is 2.10. The second kappa shape index (κ2) is 11.0. The topological polar surface area (TPSA) is 78.9 Å². The van der Waals surface area contributed by atoms with E-state index in [2.05, 4.69) is 4.74 Å². The predicted octanol–water partition coefficient (Wildman–Crippen LogP) is 1.77. The van der Waals surface area contributed by atoms with E-state index < -0.39 is 24.5 Å². The fourth-order valence-corrected chi connectivity index (χ4v) is 1.09. The third-order valence-corrected chi connectivity index (χ3v) is 2.19. The quantitative estimate of drug-likeness (QED) is 0.278. The molecule has 0 amide bonds. The van der Waals surface area contributed by atoms with Crippen LogP contribution in [0.1, 0.15) is 40.0 Å². The van der Waals surface area contributed by atoms with Crippen LogP contribution in [0.25, 0.3) is 0 Å². The molecular weight excluding hydrogens is 264 g/mol. The van der Waals surface area contributed by atoms with Gasteiger partial charge in [-0.25, -0.2) is 14.4 Å². The van der Waals surface area contributed by atoms with Crippen LogP contribution in [-0.4, -0.2) is 37.7 Å². The molecule has 0 aromatic heterocycles. The van der Waals surface area contributed by atoms with Crippen LogP contribution in [0.5, 0.6) is 0 Å². The Labute approximate surface area is 119 Å². The summed E-state index contributed by atoms with van der Waals surface area (Å²) in [5, 5.41) is 0. The summed E-state index contributed by atoms with van der Waals surface area (Å²) >= 11 is 0. The molecule has 0 aliphatic heterocycles. The summed E-state index contributed by atoms with van der Waals surface area (Å²) in [4.78, 5) is 33.9. The first-order chi connectivity index (χ1) is 9.51. The molecule has 0 aromatic carbocycles. The molecule has 6 nitrogen and oxygen atoms in total. The Morgan fingerprint density at radius 1 is 0.950 bits per heavy atom. The zero-order chi connectivity index (χ0) is 15.4. The van der Waals surface area contributed by atoms with Crippen LogP contribution in [0.15, 0.2) is 11.6 Å². The summed E-state index contributed by atoms with van der Waals surface area (Å²) in [6, 6.07) is 0. The van der Waals surface area contributed by atoms with Crippen LogP contribution in [0.4, 0.5) is 0 Å². The summed E-state index contributed by atoms with van der Waals surface area (Å²) in [5.74, 6) is -1.95. The summed E-state index contributed by atoms with van der Waals surface area (Å²) in [5.41, 5.74) is 0.128. The van der Waals surface area contributed by atoms with E-state index in [0.29, 0.717) is 19.6 Å². The molecule has 0 fully saturated rings. The maximum absolute atomic E-state index is 11.4. The third-order valence-electron chi connectivity index (χ3n) is 2.19. The number of carbonyl (C=O) groups excluding carboxylic acids is 3. The number of unbranched alkanes of at least 4 members (excludes halogenated alkanes) is 1. The first-order valence-electron chi connectivity index (χ1n) is 6.69. The Morgan fingerprint density at radius 2 is 1.65 bits per heavy atom. The van der Waals surface area contributed by atoms with Gasteiger partial charge in [0.2, 0.25) is 0 Å². The Morgan fingerprint density at radius 3 is 2.25 bits per heavy atom. The second-order valence-corrected chi connectivity index (χ2v) is 4.15. The van der Waals surface area contributed by atoms with Gasteiger partial charge in [-0.05, 0) is 19.8 Å². The van der Waals surface area contributed by atoms with Crippen molar-refractivity contribution in [3.05, 3.63) is 11.6 Å². The van der Waals surface area contributed by atoms with Crippen molar-refractivity contribution in [1.29, 1.82) is 0 Å². The van der Waals surface area contributed by atoms with Crippen molar-refractivity contribution in [2.75, 3.05) is 19.8 Å². The number of hydrogen-bond donors (Lipinski definition) is 0. The standard InChI is InChI=1S/C14H22O6/c1-4-6-8-18-13(16)10-20-12(15)9-11(3)14(17)19-7-5-2/h9H,4-8,10H2,1-3H3/b11-9-. The molecule has 0 saturated heterocycles. The minimum absolute atomic E-state index is 0.128. The average Bonchev–Trinajstić information content (AvgIpc) is 2.42. The van der Waals surface area contributed by atoms with Gasteiger partial charge in [0.1, 0.15) is 0 Å². The molecular formula is C14H22O6.